The van der Waals surface area contributed by atoms with E-state index in [0.29, 0.717) is 12.1 Å². The molecule has 0 bridgehead atoms. The molecule has 3 rings (SSSR count). The minimum atomic E-state index is 0.272. The first-order valence-corrected chi connectivity index (χ1v) is 9.31. The van der Waals surface area contributed by atoms with Gasteiger partial charge in [-0.05, 0) is 44.9 Å². The topological polar surface area (TPSA) is 24.5 Å². The number of rotatable bonds is 3. The van der Waals surface area contributed by atoms with Gasteiger partial charge in [-0.2, -0.15) is 0 Å². The fourth-order valence-electron chi connectivity index (χ4n) is 4.85. The second kappa shape index (κ2) is 6.97. The van der Waals surface area contributed by atoms with Crippen LogP contribution in [0.5, 0.6) is 0 Å². The van der Waals surface area contributed by atoms with Gasteiger partial charge in [0.1, 0.15) is 0 Å². The second-order valence-corrected chi connectivity index (χ2v) is 7.78. The molecule has 21 heavy (non-hydrogen) atoms. The molecule has 3 aliphatic rings. The molecule has 3 unspecified atom stereocenters. The molecule has 0 aromatic carbocycles. The zero-order valence-corrected chi connectivity index (χ0v) is 14.1. The van der Waals surface area contributed by atoms with Crippen LogP contribution in [0.25, 0.3) is 0 Å². The molecule has 2 heterocycles. The molecule has 0 spiro atoms. The van der Waals surface area contributed by atoms with Gasteiger partial charge in [-0.3, -0.25) is 4.90 Å². The molecule has 1 aliphatic carbocycles. The van der Waals surface area contributed by atoms with E-state index in [1.807, 2.05) is 0 Å². The quantitative estimate of drug-likeness (QED) is 0.865. The SMILES string of the molecule is CCC1CNC(C2CCCCC2)CN1C1(C)CCCOC1. The molecular formula is C18H34N2O. The Morgan fingerprint density at radius 1 is 1.19 bits per heavy atom. The number of ether oxygens (including phenoxy) is 1. The molecule has 3 fully saturated rings. The van der Waals surface area contributed by atoms with Crippen LogP contribution in [0.4, 0.5) is 0 Å². The van der Waals surface area contributed by atoms with E-state index in [0.717, 1.165) is 19.1 Å². The summed E-state index contributed by atoms with van der Waals surface area (Å²) in [5, 5.41) is 3.89. The maximum Gasteiger partial charge on any atom is 0.0647 e. The highest BCUT2D eigenvalue weighted by molar-refractivity contribution is 4.99. The number of nitrogens with one attached hydrogen (secondary N) is 1. The summed E-state index contributed by atoms with van der Waals surface area (Å²) in [5.41, 5.74) is 0.272. The van der Waals surface area contributed by atoms with Gasteiger partial charge in [-0.1, -0.05) is 26.2 Å². The van der Waals surface area contributed by atoms with E-state index in [1.54, 1.807) is 0 Å². The predicted octanol–water partition coefficient (Wildman–Crippen LogP) is 3.19. The average molecular weight is 294 g/mol. The molecule has 3 heteroatoms. The lowest BCUT2D eigenvalue weighted by atomic mass is 9.80. The summed E-state index contributed by atoms with van der Waals surface area (Å²) >= 11 is 0. The molecule has 3 nitrogen and oxygen atoms in total. The fourth-order valence-corrected chi connectivity index (χ4v) is 4.85. The molecule has 0 amide bonds. The Morgan fingerprint density at radius 2 is 2.00 bits per heavy atom. The third-order valence-electron chi connectivity index (χ3n) is 6.25. The van der Waals surface area contributed by atoms with E-state index in [4.69, 9.17) is 4.74 Å². The normalized spacial score (nSPS) is 40.3. The maximum absolute atomic E-state index is 5.85. The minimum absolute atomic E-state index is 0.272. The molecular weight excluding hydrogens is 260 g/mol. The van der Waals surface area contributed by atoms with E-state index in [1.165, 1.54) is 64.5 Å². The summed E-state index contributed by atoms with van der Waals surface area (Å²) in [6, 6.07) is 1.41. The number of piperazine rings is 1. The van der Waals surface area contributed by atoms with E-state index in [9.17, 15) is 0 Å². The van der Waals surface area contributed by atoms with Crippen molar-refractivity contribution in [2.75, 3.05) is 26.3 Å². The summed E-state index contributed by atoms with van der Waals surface area (Å²) in [4.78, 5) is 2.82. The summed E-state index contributed by atoms with van der Waals surface area (Å²) in [6.07, 6.45) is 11.0. The third kappa shape index (κ3) is 3.46. The van der Waals surface area contributed by atoms with E-state index in [-0.39, 0.29) is 5.54 Å². The lowest BCUT2D eigenvalue weighted by molar-refractivity contribution is -0.0767. The van der Waals surface area contributed by atoms with E-state index < -0.39 is 0 Å². The molecule has 0 radical (unpaired) electrons. The molecule has 1 N–H and O–H groups in total. The van der Waals surface area contributed by atoms with Crippen LogP contribution < -0.4 is 5.32 Å². The Labute approximate surface area is 130 Å². The zero-order chi connectivity index (χ0) is 14.7. The van der Waals surface area contributed by atoms with E-state index in [2.05, 4.69) is 24.1 Å². The van der Waals surface area contributed by atoms with Gasteiger partial charge in [0.2, 0.25) is 0 Å². The Balaban J connectivity index is 1.69. The van der Waals surface area contributed by atoms with Crippen LogP contribution >= 0.6 is 0 Å². The Bertz CT molecular complexity index is 321. The van der Waals surface area contributed by atoms with Crippen molar-refractivity contribution >= 4 is 0 Å². The van der Waals surface area contributed by atoms with Crippen LogP contribution in [0.1, 0.15) is 65.2 Å². The zero-order valence-electron chi connectivity index (χ0n) is 14.1. The second-order valence-electron chi connectivity index (χ2n) is 7.78. The van der Waals surface area contributed by atoms with Crippen LogP contribution in [0.15, 0.2) is 0 Å². The standard InChI is InChI=1S/C18H34N2O/c1-3-16-12-19-17(15-8-5-4-6-9-15)13-20(16)18(2)10-7-11-21-14-18/h15-17,19H,3-14H2,1-2H3. The summed E-state index contributed by atoms with van der Waals surface area (Å²) in [6.45, 7) is 9.09. The molecule has 1 saturated carbocycles. The number of hydrogen-bond acceptors (Lipinski definition) is 3. The lowest BCUT2D eigenvalue weighted by Crippen LogP contribution is -2.66. The highest BCUT2D eigenvalue weighted by Crippen LogP contribution is 2.34. The van der Waals surface area contributed by atoms with Crippen molar-refractivity contribution in [3.63, 3.8) is 0 Å². The van der Waals surface area contributed by atoms with Crippen LogP contribution in [-0.4, -0.2) is 48.8 Å². The van der Waals surface area contributed by atoms with Crippen molar-refractivity contribution in [3.05, 3.63) is 0 Å². The summed E-state index contributed by atoms with van der Waals surface area (Å²) < 4.78 is 5.85. The first-order chi connectivity index (χ1) is 10.2. The van der Waals surface area contributed by atoms with Crippen molar-refractivity contribution in [1.82, 2.24) is 10.2 Å². The minimum Gasteiger partial charge on any atom is -0.380 e. The van der Waals surface area contributed by atoms with Crippen LogP contribution in [0.3, 0.4) is 0 Å². The smallest absolute Gasteiger partial charge is 0.0647 e. The van der Waals surface area contributed by atoms with E-state index >= 15 is 0 Å². The molecule has 0 aromatic rings. The third-order valence-corrected chi connectivity index (χ3v) is 6.25. The lowest BCUT2D eigenvalue weighted by Gasteiger charge is -2.53. The molecule has 3 atom stereocenters. The van der Waals surface area contributed by atoms with Gasteiger partial charge in [0.05, 0.1) is 6.61 Å². The first-order valence-electron chi connectivity index (χ1n) is 9.31. The summed E-state index contributed by atoms with van der Waals surface area (Å²) in [5.74, 6) is 0.909. The Hall–Kier alpha value is -0.120. The maximum atomic E-state index is 5.85. The van der Waals surface area contributed by atoms with Gasteiger partial charge in [0.15, 0.2) is 0 Å². The highest BCUT2D eigenvalue weighted by Gasteiger charge is 2.42. The van der Waals surface area contributed by atoms with Gasteiger partial charge < -0.3 is 10.1 Å². The highest BCUT2D eigenvalue weighted by atomic mass is 16.5. The van der Waals surface area contributed by atoms with Gasteiger partial charge in [0, 0.05) is 37.3 Å². The van der Waals surface area contributed by atoms with Crippen molar-refractivity contribution in [2.45, 2.75) is 82.8 Å². The monoisotopic (exact) mass is 294 g/mol. The van der Waals surface area contributed by atoms with Crippen molar-refractivity contribution in [2.24, 2.45) is 5.92 Å². The summed E-state index contributed by atoms with van der Waals surface area (Å²) in [7, 11) is 0. The van der Waals surface area contributed by atoms with Crippen molar-refractivity contribution in [3.8, 4) is 0 Å². The molecule has 122 valence electrons. The molecule has 0 aromatic heterocycles. The number of nitrogens with zero attached hydrogens (tertiary/aromatic N) is 1. The number of hydrogen-bond donors (Lipinski definition) is 1. The Morgan fingerprint density at radius 3 is 2.67 bits per heavy atom. The molecule has 2 aliphatic heterocycles. The van der Waals surface area contributed by atoms with Gasteiger partial charge in [0.25, 0.3) is 0 Å². The van der Waals surface area contributed by atoms with Crippen LogP contribution in [-0.2, 0) is 4.74 Å². The Kier molecular flexibility index (Phi) is 5.23. The fraction of sp³-hybridized carbons (Fsp3) is 1.00. The van der Waals surface area contributed by atoms with Gasteiger partial charge in [-0.25, -0.2) is 0 Å². The largest absolute Gasteiger partial charge is 0.380 e. The van der Waals surface area contributed by atoms with Crippen molar-refractivity contribution in [1.29, 1.82) is 0 Å². The van der Waals surface area contributed by atoms with Crippen LogP contribution in [0, 0.1) is 5.92 Å². The van der Waals surface area contributed by atoms with Gasteiger partial charge >= 0.3 is 0 Å². The predicted molar refractivity (Wildman–Crippen MR) is 87.6 cm³/mol. The first kappa shape index (κ1) is 15.8. The average Bonchev–Trinajstić information content (AvgIpc) is 2.56. The molecule has 2 saturated heterocycles. The van der Waals surface area contributed by atoms with Crippen LogP contribution in [0.2, 0.25) is 0 Å². The van der Waals surface area contributed by atoms with Crippen molar-refractivity contribution < 1.29 is 4.74 Å². The van der Waals surface area contributed by atoms with Gasteiger partial charge in [-0.15, -0.1) is 0 Å².